The first-order valence-corrected chi connectivity index (χ1v) is 5.42. The molecule has 18 heavy (non-hydrogen) atoms. The summed E-state index contributed by atoms with van der Waals surface area (Å²) < 4.78 is 0. The molecule has 2 aromatic rings. The van der Waals surface area contributed by atoms with Gasteiger partial charge < -0.3 is 0 Å². The fraction of sp³-hybridized carbons (Fsp3) is 0.0769. The summed E-state index contributed by atoms with van der Waals surface area (Å²) in [5.41, 5.74) is 4.29. The summed E-state index contributed by atoms with van der Waals surface area (Å²) in [5.74, 6) is 0. The molecule has 0 unspecified atom stereocenters. The number of rotatable bonds is 5. The summed E-state index contributed by atoms with van der Waals surface area (Å²) in [6, 6.07) is 15.8. The second kappa shape index (κ2) is 5.79. The summed E-state index contributed by atoms with van der Waals surface area (Å²) in [6.45, 7) is 0.392. The van der Waals surface area contributed by atoms with Crippen molar-refractivity contribution >= 4 is 11.4 Å². The molecule has 92 valence electrons. The Morgan fingerprint density at radius 1 is 1.11 bits per heavy atom. The monoisotopic (exact) mass is 244 g/mol. The molecule has 0 bridgehead atoms. The van der Waals surface area contributed by atoms with Crippen molar-refractivity contribution in [3.05, 3.63) is 70.3 Å². The lowest BCUT2D eigenvalue weighted by Crippen LogP contribution is -2.01. The molecule has 0 aliphatic heterocycles. The van der Waals surface area contributed by atoms with Crippen LogP contribution in [0.25, 0.3) is 0 Å². The van der Waals surface area contributed by atoms with E-state index in [2.05, 4.69) is 5.48 Å². The van der Waals surface area contributed by atoms with E-state index in [0.29, 0.717) is 12.3 Å². The van der Waals surface area contributed by atoms with Crippen LogP contribution in [-0.4, -0.2) is 4.92 Å². The average Bonchev–Trinajstić information content (AvgIpc) is 2.40. The maximum atomic E-state index is 10.6. The predicted molar refractivity (Wildman–Crippen MR) is 68.0 cm³/mol. The van der Waals surface area contributed by atoms with Crippen molar-refractivity contribution in [1.82, 2.24) is 0 Å². The first-order chi connectivity index (χ1) is 8.75. The minimum atomic E-state index is -0.442. The first-order valence-electron chi connectivity index (χ1n) is 5.42. The lowest BCUT2D eigenvalue weighted by molar-refractivity contribution is -0.384. The molecule has 0 spiro atoms. The topological polar surface area (TPSA) is 64.4 Å². The van der Waals surface area contributed by atoms with Crippen molar-refractivity contribution in [2.45, 2.75) is 6.61 Å². The van der Waals surface area contributed by atoms with E-state index in [0.717, 1.165) is 5.56 Å². The number of hydrogen-bond acceptors (Lipinski definition) is 4. The van der Waals surface area contributed by atoms with Gasteiger partial charge in [0.25, 0.3) is 5.69 Å². The molecule has 0 aliphatic rings. The smallest absolute Gasteiger partial charge is 0.271 e. The minimum Gasteiger partial charge on any atom is -0.271 e. The maximum Gasteiger partial charge on any atom is 0.271 e. The van der Waals surface area contributed by atoms with Crippen molar-refractivity contribution in [1.29, 1.82) is 0 Å². The molecule has 0 radical (unpaired) electrons. The standard InChI is InChI=1S/C13H12N2O3/c16-15(17)13-8-4-7-12(9-13)14-18-10-11-5-2-1-3-6-11/h1-9,14H,10H2. The zero-order valence-electron chi connectivity index (χ0n) is 9.58. The van der Waals surface area contributed by atoms with Crippen LogP contribution in [0, 0.1) is 10.1 Å². The Morgan fingerprint density at radius 2 is 1.89 bits per heavy atom. The van der Waals surface area contributed by atoms with E-state index in [1.54, 1.807) is 12.1 Å². The van der Waals surface area contributed by atoms with Crippen LogP contribution in [0.2, 0.25) is 0 Å². The van der Waals surface area contributed by atoms with Crippen LogP contribution in [0.4, 0.5) is 11.4 Å². The third-order valence-electron chi connectivity index (χ3n) is 2.33. The van der Waals surface area contributed by atoms with Gasteiger partial charge >= 0.3 is 0 Å². The van der Waals surface area contributed by atoms with E-state index in [4.69, 9.17) is 4.84 Å². The van der Waals surface area contributed by atoms with Crippen LogP contribution < -0.4 is 5.48 Å². The van der Waals surface area contributed by atoms with Crippen molar-refractivity contribution in [2.24, 2.45) is 0 Å². The van der Waals surface area contributed by atoms with Gasteiger partial charge in [0.05, 0.1) is 17.2 Å². The van der Waals surface area contributed by atoms with Gasteiger partial charge in [0, 0.05) is 12.1 Å². The molecule has 0 heterocycles. The molecule has 2 aromatic carbocycles. The highest BCUT2D eigenvalue weighted by atomic mass is 16.6. The van der Waals surface area contributed by atoms with Gasteiger partial charge in [-0.1, -0.05) is 36.4 Å². The number of nitrogens with one attached hydrogen (secondary N) is 1. The van der Waals surface area contributed by atoms with Crippen molar-refractivity contribution in [3.63, 3.8) is 0 Å². The van der Waals surface area contributed by atoms with Gasteiger partial charge in [-0.15, -0.1) is 0 Å². The van der Waals surface area contributed by atoms with Crippen LogP contribution in [0.3, 0.4) is 0 Å². The fourth-order valence-corrected chi connectivity index (χ4v) is 1.46. The van der Waals surface area contributed by atoms with Crippen LogP contribution >= 0.6 is 0 Å². The molecule has 0 aromatic heterocycles. The maximum absolute atomic E-state index is 10.6. The van der Waals surface area contributed by atoms with Crippen molar-refractivity contribution in [2.75, 3.05) is 5.48 Å². The quantitative estimate of drug-likeness (QED) is 0.648. The van der Waals surface area contributed by atoms with Crippen LogP contribution in [0.15, 0.2) is 54.6 Å². The summed E-state index contributed by atoms with van der Waals surface area (Å²) >= 11 is 0. The van der Waals surface area contributed by atoms with Gasteiger partial charge in [0.1, 0.15) is 0 Å². The molecule has 0 aliphatic carbocycles. The first kappa shape index (κ1) is 12.1. The second-order valence-electron chi connectivity index (χ2n) is 3.68. The van der Waals surface area contributed by atoms with Gasteiger partial charge in [-0.25, -0.2) is 0 Å². The normalized spacial score (nSPS) is 10.0. The zero-order valence-corrected chi connectivity index (χ0v) is 9.58. The molecule has 5 heteroatoms. The Bertz CT molecular complexity index is 529. The zero-order chi connectivity index (χ0) is 12.8. The molecule has 0 amide bonds. The number of nitrogens with zero attached hydrogens (tertiary/aromatic N) is 1. The van der Waals surface area contributed by atoms with Gasteiger partial charge in [-0.2, -0.15) is 0 Å². The Labute approximate surface area is 104 Å². The number of nitro groups is 1. The van der Waals surface area contributed by atoms with E-state index in [-0.39, 0.29) is 5.69 Å². The third-order valence-corrected chi connectivity index (χ3v) is 2.33. The molecule has 0 saturated carbocycles. The molecule has 2 rings (SSSR count). The number of hydrogen-bond donors (Lipinski definition) is 1. The van der Waals surface area contributed by atoms with E-state index in [1.165, 1.54) is 12.1 Å². The Hall–Kier alpha value is -2.40. The summed E-state index contributed by atoms with van der Waals surface area (Å²) in [6.07, 6.45) is 0. The fourth-order valence-electron chi connectivity index (χ4n) is 1.46. The Morgan fingerprint density at radius 3 is 2.61 bits per heavy atom. The van der Waals surface area contributed by atoms with Crippen LogP contribution in [0.1, 0.15) is 5.56 Å². The van der Waals surface area contributed by atoms with E-state index >= 15 is 0 Å². The van der Waals surface area contributed by atoms with Crippen LogP contribution in [-0.2, 0) is 11.4 Å². The highest BCUT2D eigenvalue weighted by Gasteiger charge is 2.05. The Balaban J connectivity index is 1.90. The molecule has 5 nitrogen and oxygen atoms in total. The molecule has 0 saturated heterocycles. The number of benzene rings is 2. The van der Waals surface area contributed by atoms with Gasteiger partial charge in [-0.3, -0.25) is 20.4 Å². The highest BCUT2D eigenvalue weighted by molar-refractivity contribution is 5.49. The lowest BCUT2D eigenvalue weighted by atomic mass is 10.2. The average molecular weight is 244 g/mol. The molecular weight excluding hydrogens is 232 g/mol. The number of nitro benzene ring substituents is 1. The molecule has 0 fully saturated rings. The van der Waals surface area contributed by atoms with Gasteiger partial charge in [0.2, 0.25) is 0 Å². The summed E-state index contributed by atoms with van der Waals surface area (Å²) in [5, 5.41) is 10.6. The SMILES string of the molecule is O=[N+]([O-])c1cccc(NOCc2ccccc2)c1. The molecule has 1 N–H and O–H groups in total. The van der Waals surface area contributed by atoms with E-state index in [1.807, 2.05) is 30.3 Å². The molecule has 0 atom stereocenters. The summed E-state index contributed by atoms with van der Waals surface area (Å²) in [7, 11) is 0. The van der Waals surface area contributed by atoms with E-state index < -0.39 is 4.92 Å². The third kappa shape index (κ3) is 3.29. The molecular formula is C13H12N2O3. The van der Waals surface area contributed by atoms with Crippen molar-refractivity contribution in [3.8, 4) is 0 Å². The van der Waals surface area contributed by atoms with Crippen molar-refractivity contribution < 1.29 is 9.76 Å². The predicted octanol–water partition coefficient (Wildman–Crippen LogP) is 3.14. The van der Waals surface area contributed by atoms with Gasteiger partial charge in [-0.05, 0) is 11.6 Å². The second-order valence-corrected chi connectivity index (χ2v) is 3.68. The highest BCUT2D eigenvalue weighted by Crippen LogP contribution is 2.17. The van der Waals surface area contributed by atoms with Gasteiger partial charge in [0.15, 0.2) is 0 Å². The number of non-ortho nitro benzene ring substituents is 1. The lowest BCUT2D eigenvalue weighted by Gasteiger charge is -2.06. The largest absolute Gasteiger partial charge is 0.271 e. The minimum absolute atomic E-state index is 0.0308. The number of anilines is 1. The summed E-state index contributed by atoms with van der Waals surface area (Å²) in [4.78, 5) is 15.4. The van der Waals surface area contributed by atoms with E-state index in [9.17, 15) is 10.1 Å². The Kier molecular flexibility index (Phi) is 3.88. The van der Waals surface area contributed by atoms with Crippen LogP contribution in [0.5, 0.6) is 0 Å².